The van der Waals surface area contributed by atoms with Crippen molar-refractivity contribution in [3.05, 3.63) is 53.8 Å². The van der Waals surface area contributed by atoms with E-state index in [9.17, 15) is 9.18 Å². The van der Waals surface area contributed by atoms with E-state index in [1.165, 1.54) is 12.1 Å². The van der Waals surface area contributed by atoms with Crippen LogP contribution < -0.4 is 4.43 Å². The predicted molar refractivity (Wildman–Crippen MR) is 95.0 cm³/mol. The Balaban J connectivity index is 2.23. The number of aldehydes is 1. The van der Waals surface area contributed by atoms with Crippen molar-refractivity contribution in [2.75, 3.05) is 0 Å². The van der Waals surface area contributed by atoms with Crippen LogP contribution in [0.5, 0.6) is 5.75 Å². The van der Waals surface area contributed by atoms with Gasteiger partial charge in [-0.05, 0) is 53.5 Å². The summed E-state index contributed by atoms with van der Waals surface area (Å²) in [6.45, 7) is 11.0. The minimum Gasteiger partial charge on any atom is -0.544 e. The van der Waals surface area contributed by atoms with Crippen LogP contribution in [-0.2, 0) is 0 Å². The zero-order valence-corrected chi connectivity index (χ0v) is 15.3. The fourth-order valence-corrected chi connectivity index (χ4v) is 3.00. The van der Waals surface area contributed by atoms with Crippen molar-refractivity contribution < 1.29 is 13.6 Å². The molecule has 0 aliphatic carbocycles. The third-order valence-electron chi connectivity index (χ3n) is 4.49. The van der Waals surface area contributed by atoms with Gasteiger partial charge in [0.15, 0.2) is 6.29 Å². The van der Waals surface area contributed by atoms with Gasteiger partial charge in [0.1, 0.15) is 11.6 Å². The van der Waals surface area contributed by atoms with Gasteiger partial charge < -0.3 is 4.43 Å². The Morgan fingerprint density at radius 3 is 2.04 bits per heavy atom. The molecule has 0 unspecified atom stereocenters. The monoisotopic (exact) mass is 330 g/mol. The number of hydrogen-bond donors (Lipinski definition) is 0. The van der Waals surface area contributed by atoms with Crippen LogP contribution in [0.15, 0.2) is 42.5 Å². The van der Waals surface area contributed by atoms with Gasteiger partial charge >= 0.3 is 0 Å². The minimum atomic E-state index is -1.86. The fraction of sp³-hybridized carbons (Fsp3) is 0.316. The number of benzene rings is 2. The molecular weight excluding hydrogens is 307 g/mol. The van der Waals surface area contributed by atoms with Gasteiger partial charge in [0.05, 0.1) is 5.56 Å². The molecule has 0 atom stereocenters. The van der Waals surface area contributed by atoms with Gasteiger partial charge in [-0.25, -0.2) is 4.39 Å². The standard InChI is InChI=1S/C19H23FO2Si/c1-19(2,3)23(4,5)22-17-10-8-14(9-11-17)15-6-7-16(13-21)18(20)12-15/h6-13H,1-5H3. The summed E-state index contributed by atoms with van der Waals surface area (Å²) in [5, 5.41) is 0.138. The Morgan fingerprint density at radius 1 is 1.00 bits per heavy atom. The topological polar surface area (TPSA) is 26.3 Å². The van der Waals surface area contributed by atoms with E-state index in [1.54, 1.807) is 6.07 Å². The van der Waals surface area contributed by atoms with Gasteiger partial charge in [0, 0.05) is 0 Å². The summed E-state index contributed by atoms with van der Waals surface area (Å²) in [4.78, 5) is 10.7. The van der Waals surface area contributed by atoms with Gasteiger partial charge in [-0.2, -0.15) is 0 Å². The number of halogens is 1. The van der Waals surface area contributed by atoms with Crippen molar-refractivity contribution in [2.24, 2.45) is 0 Å². The quantitative estimate of drug-likeness (QED) is 0.532. The van der Waals surface area contributed by atoms with Gasteiger partial charge in [0.25, 0.3) is 0 Å². The molecule has 0 fully saturated rings. The molecule has 0 amide bonds. The normalized spacial score (nSPS) is 12.1. The summed E-state index contributed by atoms with van der Waals surface area (Å²) in [6.07, 6.45) is 0.523. The van der Waals surface area contributed by atoms with Crippen molar-refractivity contribution in [1.29, 1.82) is 0 Å². The highest BCUT2D eigenvalue weighted by atomic mass is 28.4. The molecule has 0 saturated carbocycles. The largest absolute Gasteiger partial charge is 0.544 e. The Hall–Kier alpha value is -1.94. The summed E-state index contributed by atoms with van der Waals surface area (Å²) < 4.78 is 20.0. The molecule has 0 N–H and O–H groups in total. The van der Waals surface area contributed by atoms with E-state index in [4.69, 9.17) is 4.43 Å². The molecule has 0 aliphatic heterocycles. The lowest BCUT2D eigenvalue weighted by Crippen LogP contribution is -2.43. The molecule has 0 saturated heterocycles. The first-order valence-corrected chi connectivity index (χ1v) is 10.6. The molecule has 0 radical (unpaired) electrons. The summed E-state index contributed by atoms with van der Waals surface area (Å²) in [6, 6.07) is 12.3. The Labute approximate surface area is 138 Å². The summed E-state index contributed by atoms with van der Waals surface area (Å²) in [5.74, 6) is 0.337. The molecule has 0 aromatic heterocycles. The van der Waals surface area contributed by atoms with E-state index in [2.05, 4.69) is 33.9 Å². The molecule has 2 aromatic rings. The molecule has 122 valence electrons. The van der Waals surface area contributed by atoms with E-state index in [0.717, 1.165) is 16.9 Å². The highest BCUT2D eigenvalue weighted by Crippen LogP contribution is 2.37. The lowest BCUT2D eigenvalue weighted by Gasteiger charge is -2.36. The molecule has 2 nitrogen and oxygen atoms in total. The number of hydrogen-bond acceptors (Lipinski definition) is 2. The summed E-state index contributed by atoms with van der Waals surface area (Å²) >= 11 is 0. The van der Waals surface area contributed by atoms with Gasteiger partial charge in [-0.1, -0.05) is 39.0 Å². The molecule has 0 spiro atoms. The van der Waals surface area contributed by atoms with Crippen LogP contribution in [0.3, 0.4) is 0 Å². The fourth-order valence-electron chi connectivity index (χ4n) is 1.97. The number of carbonyl (C=O) groups excluding carboxylic acids is 1. The first-order chi connectivity index (χ1) is 10.6. The molecule has 2 rings (SSSR count). The molecular formula is C19H23FO2Si. The molecule has 23 heavy (non-hydrogen) atoms. The maximum atomic E-state index is 13.7. The zero-order valence-electron chi connectivity index (χ0n) is 14.3. The maximum Gasteiger partial charge on any atom is 0.250 e. The lowest BCUT2D eigenvalue weighted by atomic mass is 10.0. The SMILES string of the molecule is CC(C)(C)[Si](C)(C)Oc1ccc(-c2ccc(C=O)c(F)c2)cc1. The van der Waals surface area contributed by atoms with Crippen LogP contribution in [0.4, 0.5) is 4.39 Å². The van der Waals surface area contributed by atoms with Crippen LogP contribution in [0.2, 0.25) is 18.1 Å². The highest BCUT2D eigenvalue weighted by molar-refractivity contribution is 6.74. The van der Waals surface area contributed by atoms with E-state index in [1.807, 2.05) is 24.3 Å². The van der Waals surface area contributed by atoms with Gasteiger partial charge in [-0.15, -0.1) is 0 Å². The average molecular weight is 330 g/mol. The van der Waals surface area contributed by atoms with Crippen molar-refractivity contribution in [3.8, 4) is 16.9 Å². The molecule has 0 bridgehead atoms. The number of carbonyl (C=O) groups is 1. The van der Waals surface area contributed by atoms with Gasteiger partial charge in [-0.3, -0.25) is 4.79 Å². The smallest absolute Gasteiger partial charge is 0.250 e. The molecule has 4 heteroatoms. The highest BCUT2D eigenvalue weighted by Gasteiger charge is 2.38. The second kappa shape index (κ2) is 6.28. The first-order valence-electron chi connectivity index (χ1n) is 7.68. The maximum absolute atomic E-state index is 13.7. The first kappa shape index (κ1) is 17.4. The Bertz CT molecular complexity index is 700. The predicted octanol–water partition coefficient (Wildman–Crippen LogP) is 5.69. The van der Waals surface area contributed by atoms with E-state index >= 15 is 0 Å². The lowest BCUT2D eigenvalue weighted by molar-refractivity contribution is 0.112. The van der Waals surface area contributed by atoms with E-state index in [-0.39, 0.29) is 10.6 Å². The van der Waals surface area contributed by atoms with E-state index in [0.29, 0.717) is 6.29 Å². The van der Waals surface area contributed by atoms with Crippen molar-refractivity contribution in [2.45, 2.75) is 38.9 Å². The van der Waals surface area contributed by atoms with Gasteiger partial charge in [0.2, 0.25) is 8.32 Å². The van der Waals surface area contributed by atoms with Crippen LogP contribution >= 0.6 is 0 Å². The van der Waals surface area contributed by atoms with Crippen molar-refractivity contribution in [3.63, 3.8) is 0 Å². The van der Waals surface area contributed by atoms with Crippen LogP contribution in [0, 0.1) is 5.82 Å². The second-order valence-corrected chi connectivity index (χ2v) is 12.0. The molecule has 0 aliphatic rings. The van der Waals surface area contributed by atoms with E-state index < -0.39 is 14.1 Å². The van der Waals surface area contributed by atoms with Crippen LogP contribution in [-0.4, -0.2) is 14.6 Å². The average Bonchev–Trinajstić information content (AvgIpc) is 2.46. The zero-order chi connectivity index (χ0) is 17.3. The molecule has 2 aromatic carbocycles. The van der Waals surface area contributed by atoms with Crippen molar-refractivity contribution >= 4 is 14.6 Å². The third-order valence-corrected chi connectivity index (χ3v) is 8.85. The van der Waals surface area contributed by atoms with Crippen LogP contribution in [0.1, 0.15) is 31.1 Å². The summed E-state index contributed by atoms with van der Waals surface area (Å²) in [7, 11) is -1.86. The van der Waals surface area contributed by atoms with Crippen molar-refractivity contribution in [1.82, 2.24) is 0 Å². The third kappa shape index (κ3) is 3.88. The summed E-state index contributed by atoms with van der Waals surface area (Å²) in [5.41, 5.74) is 1.71. The Morgan fingerprint density at radius 2 is 1.57 bits per heavy atom. The second-order valence-electron chi connectivity index (χ2n) is 7.24. The van der Waals surface area contributed by atoms with Crippen LogP contribution in [0.25, 0.3) is 11.1 Å². The Kier molecular flexibility index (Phi) is 4.75. The minimum absolute atomic E-state index is 0.0756. The molecule has 0 heterocycles. The number of rotatable bonds is 4.